The number of nitrogens with one attached hydrogen (secondary N) is 2. The quantitative estimate of drug-likeness (QED) is 0.633. The number of amides is 4. The van der Waals surface area contributed by atoms with Crippen molar-refractivity contribution < 1.29 is 14.4 Å². The first-order valence-electron chi connectivity index (χ1n) is 8.41. The smallest absolute Gasteiger partial charge is 0.323 e. The minimum absolute atomic E-state index is 0.0882. The van der Waals surface area contributed by atoms with Crippen LogP contribution < -0.4 is 10.6 Å². The van der Waals surface area contributed by atoms with Crippen LogP contribution in [0.2, 0.25) is 5.02 Å². The van der Waals surface area contributed by atoms with Gasteiger partial charge in [-0.05, 0) is 30.2 Å². The number of anilines is 1. The molecule has 2 aromatic rings. The summed E-state index contributed by atoms with van der Waals surface area (Å²) in [7, 11) is 0. The zero-order valence-corrected chi connectivity index (χ0v) is 15.2. The van der Waals surface area contributed by atoms with Crippen LogP contribution in [-0.2, 0) is 15.1 Å². The third kappa shape index (κ3) is 2.52. The van der Waals surface area contributed by atoms with Gasteiger partial charge in [0.25, 0.3) is 11.8 Å². The Hall–Kier alpha value is -3.12. The van der Waals surface area contributed by atoms with E-state index < -0.39 is 23.4 Å². The predicted molar refractivity (Wildman–Crippen MR) is 102 cm³/mol. The van der Waals surface area contributed by atoms with Crippen molar-refractivity contribution in [1.82, 2.24) is 10.2 Å². The largest absolute Gasteiger partial charge is 0.325 e. The summed E-state index contributed by atoms with van der Waals surface area (Å²) < 4.78 is 0. The second kappa shape index (κ2) is 6.25. The van der Waals surface area contributed by atoms with Crippen LogP contribution in [0.15, 0.2) is 48.5 Å². The van der Waals surface area contributed by atoms with Crippen LogP contribution in [0.1, 0.15) is 16.7 Å². The third-order valence-electron chi connectivity index (χ3n) is 4.85. The molecule has 27 heavy (non-hydrogen) atoms. The number of benzene rings is 2. The summed E-state index contributed by atoms with van der Waals surface area (Å²) >= 11 is 6.17. The van der Waals surface area contributed by atoms with Crippen molar-refractivity contribution in [3.8, 4) is 0 Å². The van der Waals surface area contributed by atoms with Crippen LogP contribution in [0, 0.1) is 6.92 Å². The Labute approximate surface area is 160 Å². The van der Waals surface area contributed by atoms with Crippen molar-refractivity contribution >= 4 is 41.2 Å². The maximum absolute atomic E-state index is 12.9. The number of carbonyl (C=O) groups is 3. The molecule has 0 unspecified atom stereocenters. The number of imide groups is 1. The van der Waals surface area contributed by atoms with Crippen molar-refractivity contribution in [3.05, 3.63) is 70.3 Å². The highest BCUT2D eigenvalue weighted by Gasteiger charge is 2.63. The highest BCUT2D eigenvalue weighted by Crippen LogP contribution is 2.45. The van der Waals surface area contributed by atoms with Gasteiger partial charge in [0.05, 0.1) is 5.69 Å². The molecule has 7 heteroatoms. The molecule has 0 radical (unpaired) electrons. The number of nitrogens with zero attached hydrogens (tertiary/aromatic N) is 1. The van der Waals surface area contributed by atoms with E-state index in [0.717, 1.165) is 11.1 Å². The van der Waals surface area contributed by atoms with Crippen LogP contribution in [0.4, 0.5) is 10.5 Å². The third-order valence-corrected chi connectivity index (χ3v) is 5.07. The van der Waals surface area contributed by atoms with Gasteiger partial charge in [-0.15, -0.1) is 0 Å². The lowest BCUT2D eigenvalue weighted by molar-refractivity contribution is -0.136. The van der Waals surface area contributed by atoms with E-state index in [0.29, 0.717) is 16.3 Å². The van der Waals surface area contributed by atoms with Gasteiger partial charge in [-0.25, -0.2) is 4.79 Å². The maximum Gasteiger partial charge on any atom is 0.325 e. The van der Waals surface area contributed by atoms with Crippen molar-refractivity contribution in [2.75, 3.05) is 11.9 Å². The molecule has 1 atom stereocenters. The minimum Gasteiger partial charge on any atom is -0.323 e. The summed E-state index contributed by atoms with van der Waals surface area (Å²) in [6, 6.07) is 12.2. The normalized spacial score (nSPS) is 21.1. The van der Waals surface area contributed by atoms with Gasteiger partial charge in [0.2, 0.25) is 5.54 Å². The molecule has 6 nitrogen and oxygen atoms in total. The van der Waals surface area contributed by atoms with E-state index in [1.54, 1.807) is 25.1 Å². The first-order chi connectivity index (χ1) is 12.9. The number of aryl methyl sites for hydroxylation is 1. The summed E-state index contributed by atoms with van der Waals surface area (Å²) in [5.41, 5.74) is 0.853. The lowest BCUT2D eigenvalue weighted by atomic mass is 9.88. The molecule has 4 rings (SSSR count). The molecule has 2 aromatic carbocycles. The molecule has 2 aliphatic heterocycles. The average Bonchev–Trinajstić information content (AvgIpc) is 3.06. The molecule has 2 heterocycles. The van der Waals surface area contributed by atoms with Crippen LogP contribution in [0.25, 0.3) is 6.08 Å². The zero-order chi connectivity index (χ0) is 19.2. The maximum atomic E-state index is 12.9. The number of hydrogen-bond donors (Lipinski definition) is 2. The number of rotatable bonds is 3. The Bertz CT molecular complexity index is 1000. The molecule has 2 N–H and O–H groups in total. The average molecular weight is 382 g/mol. The summed E-state index contributed by atoms with van der Waals surface area (Å²) in [6.07, 6.45) is 3.58. The fourth-order valence-corrected chi connectivity index (χ4v) is 3.90. The van der Waals surface area contributed by atoms with Crippen LogP contribution in [0.3, 0.4) is 0 Å². The van der Waals surface area contributed by atoms with Crippen LogP contribution >= 0.6 is 11.6 Å². The molecule has 4 amide bonds. The van der Waals surface area contributed by atoms with Gasteiger partial charge >= 0.3 is 6.03 Å². The minimum atomic E-state index is -1.75. The molecule has 136 valence electrons. The zero-order valence-electron chi connectivity index (χ0n) is 14.5. The first-order valence-corrected chi connectivity index (χ1v) is 8.79. The van der Waals surface area contributed by atoms with E-state index in [9.17, 15) is 14.4 Å². The van der Waals surface area contributed by atoms with E-state index in [4.69, 9.17) is 11.6 Å². The molecule has 0 aliphatic carbocycles. The van der Waals surface area contributed by atoms with Gasteiger partial charge in [-0.1, -0.05) is 54.1 Å². The molecular weight excluding hydrogens is 366 g/mol. The lowest BCUT2D eigenvalue weighted by Crippen LogP contribution is -2.52. The monoisotopic (exact) mass is 381 g/mol. The van der Waals surface area contributed by atoms with Crippen LogP contribution in [-0.4, -0.2) is 29.3 Å². The summed E-state index contributed by atoms with van der Waals surface area (Å²) in [5.74, 6) is -1.22. The molecule has 1 fully saturated rings. The Morgan fingerprint density at radius 2 is 1.78 bits per heavy atom. The van der Waals surface area contributed by atoms with Gasteiger partial charge in [0.15, 0.2) is 0 Å². The van der Waals surface area contributed by atoms with E-state index in [2.05, 4.69) is 10.6 Å². The first kappa shape index (κ1) is 17.3. The van der Waals surface area contributed by atoms with Gasteiger partial charge in [-0.2, -0.15) is 0 Å². The molecular formula is C20H16ClN3O3. The van der Waals surface area contributed by atoms with E-state index in [-0.39, 0.29) is 6.54 Å². The predicted octanol–water partition coefficient (Wildman–Crippen LogP) is 3.06. The molecule has 1 saturated heterocycles. The number of hydrogen-bond acceptors (Lipinski definition) is 3. The van der Waals surface area contributed by atoms with Crippen molar-refractivity contribution in [2.24, 2.45) is 0 Å². The molecule has 2 aliphatic rings. The summed E-state index contributed by atoms with van der Waals surface area (Å²) in [5, 5.41) is 5.40. The van der Waals surface area contributed by atoms with Gasteiger partial charge in [-0.3, -0.25) is 19.8 Å². The second-order valence-electron chi connectivity index (χ2n) is 6.49. The Morgan fingerprint density at radius 3 is 2.52 bits per heavy atom. The van der Waals surface area contributed by atoms with Gasteiger partial charge in [0, 0.05) is 17.1 Å². The fourth-order valence-electron chi connectivity index (χ4n) is 3.62. The topological polar surface area (TPSA) is 78.5 Å². The van der Waals surface area contributed by atoms with Crippen LogP contribution in [0.5, 0.6) is 0 Å². The standard InChI is InChI=1S/C20H16ClN3O3/c1-12-10-14(21)11-15-16(12)22-17(25)20(15)18(26)23-19(27)24(20)9-5-8-13-6-3-2-4-7-13/h2-8,10-11H,9H2,1H3,(H,22,25)(H,23,26,27)/b8-5+/t20-/m1/s1. The number of urea groups is 1. The molecule has 1 spiro atoms. The molecule has 0 bridgehead atoms. The Morgan fingerprint density at radius 1 is 1.07 bits per heavy atom. The molecule has 0 aromatic heterocycles. The number of fused-ring (bicyclic) bond motifs is 2. The highest BCUT2D eigenvalue weighted by atomic mass is 35.5. The van der Waals surface area contributed by atoms with Crippen molar-refractivity contribution in [1.29, 1.82) is 0 Å². The van der Waals surface area contributed by atoms with Crippen molar-refractivity contribution in [2.45, 2.75) is 12.5 Å². The molecule has 0 saturated carbocycles. The SMILES string of the molecule is Cc1cc(Cl)cc2c1NC(=O)[C@@]21C(=O)NC(=O)N1C/C=C/c1ccccc1. The van der Waals surface area contributed by atoms with Gasteiger partial charge in [0.1, 0.15) is 0 Å². The van der Waals surface area contributed by atoms with E-state index in [1.165, 1.54) is 4.90 Å². The van der Waals surface area contributed by atoms with E-state index in [1.807, 2.05) is 36.4 Å². The Balaban J connectivity index is 1.77. The lowest BCUT2D eigenvalue weighted by Gasteiger charge is -2.29. The van der Waals surface area contributed by atoms with E-state index >= 15 is 0 Å². The Kier molecular flexibility index (Phi) is 4.00. The summed E-state index contributed by atoms with van der Waals surface area (Å²) in [6.45, 7) is 1.88. The number of carbonyl (C=O) groups excluding carboxylic acids is 3. The van der Waals surface area contributed by atoms with Crippen molar-refractivity contribution in [3.63, 3.8) is 0 Å². The number of halogens is 1. The second-order valence-corrected chi connectivity index (χ2v) is 6.93. The highest BCUT2D eigenvalue weighted by molar-refractivity contribution is 6.32. The summed E-state index contributed by atoms with van der Waals surface area (Å²) in [4.78, 5) is 39.3. The fraction of sp³-hybridized carbons (Fsp3) is 0.150. The van der Waals surface area contributed by atoms with Gasteiger partial charge < -0.3 is 5.32 Å².